The second-order valence-electron chi connectivity index (χ2n) is 10.6. The number of amides is 1. The molecule has 0 N–H and O–H groups in total. The highest BCUT2D eigenvalue weighted by Gasteiger charge is 2.37. The fourth-order valence-corrected chi connectivity index (χ4v) is 4.91. The third-order valence-corrected chi connectivity index (χ3v) is 7.32. The lowest BCUT2D eigenvalue weighted by Crippen LogP contribution is -2.55. The van der Waals surface area contributed by atoms with Gasteiger partial charge in [-0.25, -0.2) is 4.79 Å². The van der Waals surface area contributed by atoms with E-state index in [2.05, 4.69) is 13.2 Å². The van der Waals surface area contributed by atoms with Crippen molar-refractivity contribution >= 4 is 6.09 Å². The molecule has 0 unspecified atom stereocenters. The van der Waals surface area contributed by atoms with Gasteiger partial charge in [-0.2, -0.15) is 0 Å². The van der Waals surface area contributed by atoms with Gasteiger partial charge in [-0.1, -0.05) is 133 Å². The van der Waals surface area contributed by atoms with Gasteiger partial charge in [0.15, 0.2) is 0 Å². The first-order valence-corrected chi connectivity index (χ1v) is 15.3. The Labute approximate surface area is 267 Å². The Balaban J connectivity index is 1.64. The van der Waals surface area contributed by atoms with Crippen molar-refractivity contribution in [2.45, 2.75) is 51.1 Å². The quantitative estimate of drug-likeness (QED) is 0.101. The Bertz CT molecular complexity index is 1400. The minimum absolute atomic E-state index is 0.146. The summed E-state index contributed by atoms with van der Waals surface area (Å²) in [5.41, 5.74) is 3.96. The standard InChI is InChI=1S/C39H43NO5/c1-3-5-26-40(39(41)45-30-35-24-16-9-17-25-35)36(31-42-27-32-18-10-6-11-19-32)38(44-29-34-22-14-8-15-23-34)37(4-2)43-28-33-20-12-7-13-21-33/h3-4,6-25,36-38H,1-2,5,26-31H2/t36-,37-,38-/m1/s1. The maximum absolute atomic E-state index is 13.9. The first-order valence-electron chi connectivity index (χ1n) is 15.3. The van der Waals surface area contributed by atoms with Crippen molar-refractivity contribution in [2.24, 2.45) is 0 Å². The molecule has 3 atom stereocenters. The fraction of sp³-hybridized carbons (Fsp3) is 0.256. The van der Waals surface area contributed by atoms with E-state index in [4.69, 9.17) is 18.9 Å². The van der Waals surface area contributed by atoms with E-state index in [1.807, 2.05) is 121 Å². The SMILES string of the molecule is C=CCCN(C(=O)OCc1ccccc1)[C@H](COCc1ccccc1)[C@@H](OCc1ccccc1)[C@@H](C=C)OCc1ccccc1. The van der Waals surface area contributed by atoms with E-state index < -0.39 is 24.3 Å². The molecule has 0 bridgehead atoms. The van der Waals surface area contributed by atoms with Gasteiger partial charge in [0.2, 0.25) is 0 Å². The summed E-state index contributed by atoms with van der Waals surface area (Å²) in [6, 6.07) is 38.9. The van der Waals surface area contributed by atoms with E-state index in [1.165, 1.54) is 0 Å². The van der Waals surface area contributed by atoms with Crippen molar-refractivity contribution in [3.05, 3.63) is 169 Å². The van der Waals surface area contributed by atoms with Crippen LogP contribution in [0.15, 0.2) is 147 Å². The number of benzene rings is 4. The minimum Gasteiger partial charge on any atom is -0.445 e. The highest BCUT2D eigenvalue weighted by Crippen LogP contribution is 2.22. The Hall–Kier alpha value is -4.49. The molecule has 4 aromatic rings. The molecule has 0 fully saturated rings. The average molecular weight is 606 g/mol. The van der Waals surface area contributed by atoms with Crippen LogP contribution in [-0.2, 0) is 45.4 Å². The maximum Gasteiger partial charge on any atom is 0.410 e. The summed E-state index contributed by atoms with van der Waals surface area (Å²) in [5.74, 6) is 0. The van der Waals surface area contributed by atoms with Gasteiger partial charge < -0.3 is 18.9 Å². The molecule has 0 heterocycles. The molecule has 4 aromatic carbocycles. The van der Waals surface area contributed by atoms with Crippen LogP contribution in [0.2, 0.25) is 0 Å². The van der Waals surface area contributed by atoms with E-state index >= 15 is 0 Å². The van der Waals surface area contributed by atoms with Crippen molar-refractivity contribution in [3.63, 3.8) is 0 Å². The molecule has 6 nitrogen and oxygen atoms in total. The van der Waals surface area contributed by atoms with Crippen LogP contribution in [0.5, 0.6) is 0 Å². The molecule has 0 aliphatic heterocycles. The van der Waals surface area contributed by atoms with Crippen molar-refractivity contribution in [1.82, 2.24) is 4.90 Å². The van der Waals surface area contributed by atoms with Gasteiger partial charge in [-0.3, -0.25) is 4.90 Å². The summed E-state index contributed by atoms with van der Waals surface area (Å²) in [7, 11) is 0. The molecule has 6 heteroatoms. The highest BCUT2D eigenvalue weighted by atomic mass is 16.6. The highest BCUT2D eigenvalue weighted by molar-refractivity contribution is 5.68. The predicted molar refractivity (Wildman–Crippen MR) is 178 cm³/mol. The van der Waals surface area contributed by atoms with Crippen LogP contribution in [0.1, 0.15) is 28.7 Å². The average Bonchev–Trinajstić information content (AvgIpc) is 3.10. The summed E-state index contributed by atoms with van der Waals surface area (Å²) in [5, 5.41) is 0. The molecule has 0 aliphatic rings. The number of ether oxygens (including phenoxy) is 4. The molecule has 0 aliphatic carbocycles. The summed E-state index contributed by atoms with van der Waals surface area (Å²) >= 11 is 0. The zero-order valence-corrected chi connectivity index (χ0v) is 25.8. The maximum atomic E-state index is 13.9. The second kappa shape index (κ2) is 19.0. The second-order valence-corrected chi connectivity index (χ2v) is 10.6. The molecule has 1 amide bonds. The lowest BCUT2D eigenvalue weighted by molar-refractivity contribution is -0.114. The van der Waals surface area contributed by atoms with Crippen LogP contribution in [-0.4, -0.2) is 42.4 Å². The van der Waals surface area contributed by atoms with Gasteiger partial charge in [0.05, 0.1) is 32.5 Å². The summed E-state index contributed by atoms with van der Waals surface area (Å²) in [6.07, 6.45) is 2.43. The first kappa shape index (κ1) is 33.4. The number of hydrogen-bond acceptors (Lipinski definition) is 5. The number of nitrogens with zero attached hydrogens (tertiary/aromatic N) is 1. The summed E-state index contributed by atoms with van der Waals surface area (Å²) in [4.78, 5) is 15.5. The van der Waals surface area contributed by atoms with Crippen LogP contribution < -0.4 is 0 Å². The Morgan fingerprint density at radius 3 is 1.60 bits per heavy atom. The zero-order chi connectivity index (χ0) is 31.5. The van der Waals surface area contributed by atoms with Crippen LogP contribution in [0, 0.1) is 0 Å². The molecule has 45 heavy (non-hydrogen) atoms. The monoisotopic (exact) mass is 605 g/mol. The van der Waals surface area contributed by atoms with Gasteiger partial charge in [-0.15, -0.1) is 13.2 Å². The normalized spacial score (nSPS) is 12.9. The molecule has 0 spiro atoms. The van der Waals surface area contributed by atoms with E-state index in [1.54, 1.807) is 17.1 Å². The molecular weight excluding hydrogens is 562 g/mol. The molecule has 0 saturated heterocycles. The number of hydrogen-bond donors (Lipinski definition) is 0. The smallest absolute Gasteiger partial charge is 0.410 e. The molecule has 0 saturated carbocycles. The van der Waals surface area contributed by atoms with E-state index in [9.17, 15) is 4.79 Å². The van der Waals surface area contributed by atoms with Gasteiger partial charge in [0.25, 0.3) is 0 Å². The van der Waals surface area contributed by atoms with E-state index in [0.717, 1.165) is 22.3 Å². The van der Waals surface area contributed by atoms with Gasteiger partial charge in [-0.05, 0) is 28.7 Å². The van der Waals surface area contributed by atoms with Crippen molar-refractivity contribution < 1.29 is 23.7 Å². The molecule has 4 rings (SSSR count). The Morgan fingerprint density at radius 1 is 0.644 bits per heavy atom. The Kier molecular flexibility index (Phi) is 14.1. The van der Waals surface area contributed by atoms with Gasteiger partial charge in [0, 0.05) is 6.54 Å². The predicted octanol–water partition coefficient (Wildman–Crippen LogP) is 8.14. The van der Waals surface area contributed by atoms with Crippen LogP contribution >= 0.6 is 0 Å². The van der Waals surface area contributed by atoms with Crippen molar-refractivity contribution in [2.75, 3.05) is 13.2 Å². The van der Waals surface area contributed by atoms with E-state index in [0.29, 0.717) is 32.8 Å². The third-order valence-electron chi connectivity index (χ3n) is 7.32. The summed E-state index contributed by atoms with van der Waals surface area (Å²) in [6.45, 7) is 9.74. The third kappa shape index (κ3) is 11.2. The largest absolute Gasteiger partial charge is 0.445 e. The first-order chi connectivity index (χ1) is 22.2. The lowest BCUT2D eigenvalue weighted by atomic mass is 10.0. The topological polar surface area (TPSA) is 57.2 Å². The van der Waals surface area contributed by atoms with E-state index in [-0.39, 0.29) is 13.2 Å². The number of carbonyl (C=O) groups is 1. The minimum atomic E-state index is -0.628. The molecule has 234 valence electrons. The van der Waals surface area contributed by atoms with Crippen LogP contribution in [0.4, 0.5) is 4.79 Å². The number of rotatable bonds is 19. The summed E-state index contributed by atoms with van der Waals surface area (Å²) < 4.78 is 25.3. The lowest BCUT2D eigenvalue weighted by Gasteiger charge is -2.38. The van der Waals surface area contributed by atoms with Crippen LogP contribution in [0.3, 0.4) is 0 Å². The molecule has 0 aromatic heterocycles. The van der Waals surface area contributed by atoms with Crippen molar-refractivity contribution in [3.8, 4) is 0 Å². The zero-order valence-electron chi connectivity index (χ0n) is 25.8. The van der Waals surface area contributed by atoms with Crippen molar-refractivity contribution in [1.29, 1.82) is 0 Å². The molecular formula is C39H43NO5. The Morgan fingerprint density at radius 2 is 1.11 bits per heavy atom. The van der Waals surface area contributed by atoms with Gasteiger partial charge in [0.1, 0.15) is 18.8 Å². The fourth-order valence-electron chi connectivity index (χ4n) is 4.91. The molecule has 0 radical (unpaired) electrons. The number of carbonyl (C=O) groups excluding carboxylic acids is 1. The van der Waals surface area contributed by atoms with Gasteiger partial charge >= 0.3 is 6.09 Å². The van der Waals surface area contributed by atoms with Crippen LogP contribution in [0.25, 0.3) is 0 Å².